The summed E-state index contributed by atoms with van der Waals surface area (Å²) in [6, 6.07) is -0.00836. The number of nitrogens with one attached hydrogen (secondary N) is 2. The van der Waals surface area contributed by atoms with Crippen molar-refractivity contribution in [1.29, 1.82) is 0 Å². The average molecular weight is 256 g/mol. The van der Waals surface area contributed by atoms with Gasteiger partial charge in [0.15, 0.2) is 0 Å². The molecule has 1 aliphatic heterocycles. The van der Waals surface area contributed by atoms with Gasteiger partial charge in [0.2, 0.25) is 5.91 Å². The van der Waals surface area contributed by atoms with Crippen LogP contribution in [0.4, 0.5) is 0 Å². The smallest absolute Gasteiger partial charge is 0.239 e. The first-order valence-corrected chi connectivity index (χ1v) is 6.78. The number of ether oxygens (including phenoxy) is 2. The first-order valence-electron chi connectivity index (χ1n) is 6.78. The van der Waals surface area contributed by atoms with Crippen LogP contribution in [0.1, 0.15) is 27.2 Å². The normalized spacial score (nSPS) is 34.7. The predicted octanol–water partition coefficient (Wildman–Crippen LogP) is 0.295. The third-order valence-electron chi connectivity index (χ3n) is 4.10. The third kappa shape index (κ3) is 2.68. The molecule has 2 aliphatic rings. The zero-order valence-corrected chi connectivity index (χ0v) is 11.5. The summed E-state index contributed by atoms with van der Waals surface area (Å²) < 4.78 is 11.0. The highest BCUT2D eigenvalue weighted by Gasteiger charge is 2.49. The highest BCUT2D eigenvalue weighted by Crippen LogP contribution is 2.42. The summed E-state index contributed by atoms with van der Waals surface area (Å²) in [5.74, 6) is 0.0442. The van der Waals surface area contributed by atoms with Gasteiger partial charge in [0.25, 0.3) is 0 Å². The lowest BCUT2D eigenvalue weighted by Gasteiger charge is -2.51. The molecule has 0 spiro atoms. The maximum Gasteiger partial charge on any atom is 0.239 e. The number of amides is 1. The van der Waals surface area contributed by atoms with Gasteiger partial charge in [-0.05, 0) is 13.3 Å². The van der Waals surface area contributed by atoms with Gasteiger partial charge >= 0.3 is 0 Å². The van der Waals surface area contributed by atoms with Crippen LogP contribution in [0.2, 0.25) is 0 Å². The van der Waals surface area contributed by atoms with E-state index in [1.54, 1.807) is 0 Å². The summed E-state index contributed by atoms with van der Waals surface area (Å²) in [5, 5.41) is 6.27. The Morgan fingerprint density at radius 2 is 2.33 bits per heavy atom. The van der Waals surface area contributed by atoms with Gasteiger partial charge in [0.1, 0.15) is 6.04 Å². The van der Waals surface area contributed by atoms with E-state index < -0.39 is 0 Å². The molecule has 2 N–H and O–H groups in total. The quantitative estimate of drug-likeness (QED) is 0.759. The van der Waals surface area contributed by atoms with E-state index in [2.05, 4.69) is 24.5 Å². The van der Waals surface area contributed by atoms with E-state index in [-0.39, 0.29) is 29.5 Å². The summed E-state index contributed by atoms with van der Waals surface area (Å²) in [7, 11) is 0. The molecular weight excluding hydrogens is 232 g/mol. The zero-order chi connectivity index (χ0) is 13.2. The maximum atomic E-state index is 12.1. The summed E-state index contributed by atoms with van der Waals surface area (Å²) in [4.78, 5) is 12.1. The number of hydrogen-bond donors (Lipinski definition) is 2. The van der Waals surface area contributed by atoms with E-state index in [9.17, 15) is 4.79 Å². The van der Waals surface area contributed by atoms with Crippen LogP contribution in [0, 0.1) is 5.41 Å². The van der Waals surface area contributed by atoms with E-state index >= 15 is 0 Å². The molecule has 1 amide bonds. The molecule has 18 heavy (non-hydrogen) atoms. The van der Waals surface area contributed by atoms with Crippen LogP contribution in [0.5, 0.6) is 0 Å². The molecule has 0 aromatic rings. The molecule has 0 radical (unpaired) electrons. The van der Waals surface area contributed by atoms with Gasteiger partial charge in [-0.15, -0.1) is 0 Å². The second kappa shape index (κ2) is 5.55. The van der Waals surface area contributed by atoms with Crippen molar-refractivity contribution in [3.05, 3.63) is 0 Å². The van der Waals surface area contributed by atoms with Gasteiger partial charge in [0, 0.05) is 24.6 Å². The van der Waals surface area contributed by atoms with Crippen molar-refractivity contribution < 1.29 is 14.3 Å². The Kier molecular flexibility index (Phi) is 4.25. The first-order chi connectivity index (χ1) is 8.55. The molecule has 104 valence electrons. The molecule has 2 fully saturated rings. The first kappa shape index (κ1) is 13.8. The molecule has 5 nitrogen and oxygen atoms in total. The highest BCUT2D eigenvalue weighted by atomic mass is 16.5. The SMILES string of the molecule is CCOC1CC(NC(=O)C2COCCN2)C1(C)C. The molecule has 5 heteroatoms. The largest absolute Gasteiger partial charge is 0.378 e. The van der Waals surface area contributed by atoms with Crippen LogP contribution >= 0.6 is 0 Å². The fraction of sp³-hybridized carbons (Fsp3) is 0.923. The van der Waals surface area contributed by atoms with Crippen LogP contribution in [0.3, 0.4) is 0 Å². The van der Waals surface area contributed by atoms with Crippen molar-refractivity contribution in [3.63, 3.8) is 0 Å². The van der Waals surface area contributed by atoms with E-state index in [0.29, 0.717) is 13.2 Å². The molecular formula is C13H24N2O3. The number of carbonyl (C=O) groups excluding carboxylic acids is 1. The van der Waals surface area contributed by atoms with Gasteiger partial charge < -0.3 is 20.1 Å². The van der Waals surface area contributed by atoms with Crippen molar-refractivity contribution >= 4 is 5.91 Å². The minimum atomic E-state index is -0.208. The third-order valence-corrected chi connectivity index (χ3v) is 4.10. The summed E-state index contributed by atoms with van der Waals surface area (Å²) in [6.07, 6.45) is 1.16. The minimum absolute atomic E-state index is 0.0151. The number of morpholine rings is 1. The van der Waals surface area contributed by atoms with E-state index in [4.69, 9.17) is 9.47 Å². The highest BCUT2D eigenvalue weighted by molar-refractivity contribution is 5.82. The molecule has 0 aromatic heterocycles. The lowest BCUT2D eigenvalue weighted by Crippen LogP contribution is -2.64. The molecule has 1 saturated carbocycles. The second-order valence-corrected chi connectivity index (χ2v) is 5.64. The van der Waals surface area contributed by atoms with Crippen molar-refractivity contribution in [1.82, 2.24) is 10.6 Å². The van der Waals surface area contributed by atoms with E-state index in [1.165, 1.54) is 0 Å². The van der Waals surface area contributed by atoms with Gasteiger partial charge in [-0.2, -0.15) is 0 Å². The lowest BCUT2D eigenvalue weighted by atomic mass is 9.64. The Hall–Kier alpha value is -0.650. The molecule has 0 bridgehead atoms. The molecule has 0 aromatic carbocycles. The number of carbonyl (C=O) groups is 1. The fourth-order valence-electron chi connectivity index (χ4n) is 2.62. The second-order valence-electron chi connectivity index (χ2n) is 5.64. The van der Waals surface area contributed by atoms with Crippen LogP contribution in [-0.2, 0) is 14.3 Å². The van der Waals surface area contributed by atoms with Crippen LogP contribution in [0.15, 0.2) is 0 Å². The molecule has 1 heterocycles. The van der Waals surface area contributed by atoms with Crippen molar-refractivity contribution in [2.45, 2.75) is 45.4 Å². The fourth-order valence-corrected chi connectivity index (χ4v) is 2.62. The molecule has 1 aliphatic carbocycles. The summed E-state index contributed by atoms with van der Waals surface area (Å²) in [6.45, 7) is 8.92. The van der Waals surface area contributed by atoms with Crippen LogP contribution in [-0.4, -0.2) is 50.5 Å². The van der Waals surface area contributed by atoms with Gasteiger partial charge in [-0.3, -0.25) is 4.79 Å². The Morgan fingerprint density at radius 1 is 1.56 bits per heavy atom. The number of hydrogen-bond acceptors (Lipinski definition) is 4. The Morgan fingerprint density at radius 3 is 2.89 bits per heavy atom. The van der Waals surface area contributed by atoms with Crippen molar-refractivity contribution in [2.75, 3.05) is 26.4 Å². The number of rotatable bonds is 4. The Labute approximate surface area is 109 Å². The Balaban J connectivity index is 1.81. The van der Waals surface area contributed by atoms with Gasteiger partial charge in [-0.25, -0.2) is 0 Å². The summed E-state index contributed by atoms with van der Waals surface area (Å²) >= 11 is 0. The van der Waals surface area contributed by atoms with Gasteiger partial charge in [-0.1, -0.05) is 13.8 Å². The van der Waals surface area contributed by atoms with E-state index in [1.807, 2.05) is 6.92 Å². The van der Waals surface area contributed by atoms with Crippen molar-refractivity contribution in [2.24, 2.45) is 5.41 Å². The molecule has 1 saturated heterocycles. The lowest BCUT2D eigenvalue weighted by molar-refractivity contribution is -0.140. The van der Waals surface area contributed by atoms with Crippen LogP contribution < -0.4 is 10.6 Å². The zero-order valence-electron chi connectivity index (χ0n) is 11.5. The molecule has 2 rings (SSSR count). The monoisotopic (exact) mass is 256 g/mol. The standard InChI is InChI=1S/C13H24N2O3/c1-4-18-11-7-10(13(11,2)3)15-12(16)9-8-17-6-5-14-9/h9-11,14H,4-8H2,1-3H3,(H,15,16). The Bertz CT molecular complexity index is 301. The average Bonchev–Trinajstić information content (AvgIpc) is 2.38. The van der Waals surface area contributed by atoms with Crippen LogP contribution in [0.25, 0.3) is 0 Å². The molecule has 3 unspecified atom stereocenters. The molecule has 3 atom stereocenters. The van der Waals surface area contributed by atoms with E-state index in [0.717, 1.165) is 19.6 Å². The topological polar surface area (TPSA) is 59.6 Å². The maximum absolute atomic E-state index is 12.1. The minimum Gasteiger partial charge on any atom is -0.378 e. The predicted molar refractivity (Wildman–Crippen MR) is 68.4 cm³/mol. The summed E-state index contributed by atoms with van der Waals surface area (Å²) in [5.41, 5.74) is 0.0151. The van der Waals surface area contributed by atoms with Crippen molar-refractivity contribution in [3.8, 4) is 0 Å². The van der Waals surface area contributed by atoms with Gasteiger partial charge in [0.05, 0.1) is 19.3 Å².